The summed E-state index contributed by atoms with van der Waals surface area (Å²) in [6, 6.07) is 0. The van der Waals surface area contributed by atoms with Crippen molar-refractivity contribution < 1.29 is 19.8 Å². The molecule has 0 saturated heterocycles. The molecule has 0 spiro atoms. The van der Waals surface area contributed by atoms with Crippen LogP contribution >= 0.6 is 11.8 Å². The minimum atomic E-state index is -1.16. The second-order valence-corrected chi connectivity index (χ2v) is 2.39. The first-order valence-corrected chi connectivity index (χ1v) is 2.83. The van der Waals surface area contributed by atoms with E-state index in [1.165, 1.54) is 0 Å². The van der Waals surface area contributed by atoms with Crippen LogP contribution in [0, 0.1) is 0 Å². The molecule has 4 nitrogen and oxygen atoms in total. The zero-order chi connectivity index (χ0) is 7.02. The van der Waals surface area contributed by atoms with Gasteiger partial charge in [-0.3, -0.25) is 0 Å². The zero-order valence-electron chi connectivity index (χ0n) is 4.12. The van der Waals surface area contributed by atoms with E-state index in [-0.39, 0.29) is 9.81 Å². The molecule has 1 heterocycles. The molecule has 0 fully saturated rings. The predicted octanol–water partition coefficient (Wildman–Crippen LogP) is 0.114. The summed E-state index contributed by atoms with van der Waals surface area (Å²) in [5.41, 5.74) is 0. The maximum atomic E-state index is 9.93. The van der Waals surface area contributed by atoms with Gasteiger partial charge in [-0.1, -0.05) is 11.8 Å². The van der Waals surface area contributed by atoms with Crippen molar-refractivity contribution >= 4 is 23.7 Å². The highest BCUT2D eigenvalue weighted by Crippen LogP contribution is 2.44. The Kier molecular flexibility index (Phi) is 1.21. The maximum Gasteiger partial charge on any atom is 0.343 e. The predicted molar refractivity (Wildman–Crippen MR) is 29.9 cm³/mol. The number of carboxylic acids is 2. The van der Waals surface area contributed by atoms with E-state index in [0.29, 0.717) is 0 Å². The molecule has 48 valence electrons. The Balaban J connectivity index is 2.71. The molecule has 0 aromatic carbocycles. The van der Waals surface area contributed by atoms with Crippen LogP contribution < -0.4 is 0 Å². The van der Waals surface area contributed by atoms with Gasteiger partial charge in [0.2, 0.25) is 0 Å². The monoisotopic (exact) mass is 146 g/mol. The van der Waals surface area contributed by atoms with Crippen LogP contribution in [0.3, 0.4) is 0 Å². The molecule has 5 heteroatoms. The fourth-order valence-corrected chi connectivity index (χ4v) is 0.860. The normalized spacial score (nSPS) is 15.6. The van der Waals surface area contributed by atoms with Gasteiger partial charge >= 0.3 is 11.9 Å². The van der Waals surface area contributed by atoms with Crippen molar-refractivity contribution in [3.8, 4) is 0 Å². The van der Waals surface area contributed by atoms with E-state index in [0.717, 1.165) is 11.8 Å². The van der Waals surface area contributed by atoms with E-state index in [1.54, 1.807) is 0 Å². The average molecular weight is 146 g/mol. The second kappa shape index (κ2) is 1.77. The van der Waals surface area contributed by atoms with Gasteiger partial charge in [-0.15, -0.1) is 0 Å². The van der Waals surface area contributed by atoms with Crippen LogP contribution in [0.4, 0.5) is 0 Å². The molecular formula is C4H2O4S. The van der Waals surface area contributed by atoms with E-state index in [1.807, 2.05) is 0 Å². The van der Waals surface area contributed by atoms with Gasteiger partial charge in [0.05, 0.1) is 0 Å². The zero-order valence-corrected chi connectivity index (χ0v) is 4.94. The Morgan fingerprint density at radius 1 is 1.11 bits per heavy atom. The summed E-state index contributed by atoms with van der Waals surface area (Å²) in [4.78, 5) is 19.8. The van der Waals surface area contributed by atoms with Gasteiger partial charge in [0.1, 0.15) is 9.81 Å². The molecule has 0 radical (unpaired) electrons. The minimum Gasteiger partial charge on any atom is -0.477 e. The van der Waals surface area contributed by atoms with Crippen molar-refractivity contribution in [1.82, 2.24) is 0 Å². The molecule has 0 aromatic rings. The van der Waals surface area contributed by atoms with Gasteiger partial charge in [-0.05, 0) is 0 Å². The van der Waals surface area contributed by atoms with E-state index < -0.39 is 11.9 Å². The minimum absolute atomic E-state index is 0.0532. The van der Waals surface area contributed by atoms with E-state index >= 15 is 0 Å². The van der Waals surface area contributed by atoms with Gasteiger partial charge in [-0.25, -0.2) is 9.59 Å². The molecule has 0 aliphatic carbocycles. The van der Waals surface area contributed by atoms with Crippen molar-refractivity contribution in [2.45, 2.75) is 0 Å². The van der Waals surface area contributed by atoms with Crippen LogP contribution in [0.5, 0.6) is 0 Å². The summed E-state index contributed by atoms with van der Waals surface area (Å²) < 4.78 is 0. The summed E-state index contributed by atoms with van der Waals surface area (Å²) in [6.45, 7) is 0. The molecule has 1 aliphatic heterocycles. The highest BCUT2D eigenvalue weighted by Gasteiger charge is 2.35. The van der Waals surface area contributed by atoms with Crippen molar-refractivity contribution in [3.05, 3.63) is 9.81 Å². The number of rotatable bonds is 2. The van der Waals surface area contributed by atoms with Gasteiger partial charge in [0.15, 0.2) is 0 Å². The van der Waals surface area contributed by atoms with Gasteiger partial charge in [-0.2, -0.15) is 0 Å². The third kappa shape index (κ3) is 1.05. The summed E-state index contributed by atoms with van der Waals surface area (Å²) >= 11 is 0.787. The van der Waals surface area contributed by atoms with E-state index in [9.17, 15) is 9.59 Å². The van der Waals surface area contributed by atoms with Crippen LogP contribution in [-0.2, 0) is 9.59 Å². The van der Waals surface area contributed by atoms with Crippen LogP contribution in [0.25, 0.3) is 0 Å². The average Bonchev–Trinajstić information content (AvgIpc) is 2.39. The third-order valence-electron chi connectivity index (χ3n) is 0.757. The van der Waals surface area contributed by atoms with Crippen LogP contribution in [0.1, 0.15) is 0 Å². The Morgan fingerprint density at radius 2 is 1.44 bits per heavy atom. The summed E-state index contributed by atoms with van der Waals surface area (Å²) in [6.07, 6.45) is 0. The van der Waals surface area contributed by atoms with Gasteiger partial charge in [0, 0.05) is 0 Å². The van der Waals surface area contributed by atoms with Crippen molar-refractivity contribution in [2.24, 2.45) is 0 Å². The molecule has 0 amide bonds. The fraction of sp³-hybridized carbons (Fsp3) is 0. The SMILES string of the molecule is O=C(O)C1=C(C(=O)O)S1. The van der Waals surface area contributed by atoms with Crippen molar-refractivity contribution in [3.63, 3.8) is 0 Å². The van der Waals surface area contributed by atoms with E-state index in [2.05, 4.69) is 0 Å². The lowest BCUT2D eigenvalue weighted by Gasteiger charge is -1.71. The Morgan fingerprint density at radius 3 is 1.56 bits per heavy atom. The van der Waals surface area contributed by atoms with Crippen molar-refractivity contribution in [2.75, 3.05) is 0 Å². The highest BCUT2D eigenvalue weighted by molar-refractivity contribution is 8.15. The summed E-state index contributed by atoms with van der Waals surface area (Å²) in [5.74, 6) is -2.31. The number of carboxylic acid groups (broad SMARTS) is 2. The largest absolute Gasteiger partial charge is 0.477 e. The molecule has 1 rings (SSSR count). The topological polar surface area (TPSA) is 74.6 Å². The highest BCUT2D eigenvalue weighted by atomic mass is 32.2. The standard InChI is InChI=1S/C4H2O4S/c5-3(6)1-2(9-1)4(7)8/h(H,5,6)(H,7,8). The van der Waals surface area contributed by atoms with Gasteiger partial charge < -0.3 is 10.2 Å². The summed E-state index contributed by atoms with van der Waals surface area (Å²) in [5, 5.41) is 16.3. The first kappa shape index (κ1) is 6.15. The van der Waals surface area contributed by atoms with Crippen molar-refractivity contribution in [1.29, 1.82) is 0 Å². The molecule has 0 bridgehead atoms. The third-order valence-corrected chi connectivity index (χ3v) is 1.72. The lowest BCUT2D eigenvalue weighted by molar-refractivity contribution is -0.134. The number of thioether (sulfide) groups is 1. The molecule has 1 aliphatic rings. The molecule has 9 heavy (non-hydrogen) atoms. The molecule has 2 N–H and O–H groups in total. The summed E-state index contributed by atoms with van der Waals surface area (Å²) in [7, 11) is 0. The Hall–Kier alpha value is -0.970. The molecule has 0 unspecified atom stereocenters. The molecule has 0 aromatic heterocycles. The molecule has 0 atom stereocenters. The Labute approximate surface area is 54.2 Å². The van der Waals surface area contributed by atoms with Gasteiger partial charge in [0.25, 0.3) is 0 Å². The molecule has 0 saturated carbocycles. The van der Waals surface area contributed by atoms with E-state index in [4.69, 9.17) is 10.2 Å². The lowest BCUT2D eigenvalue weighted by Crippen LogP contribution is -1.91. The van der Waals surface area contributed by atoms with Crippen LogP contribution in [0.2, 0.25) is 0 Å². The van der Waals surface area contributed by atoms with Crippen LogP contribution in [-0.4, -0.2) is 22.2 Å². The Bertz CT molecular complexity index is 195. The first-order valence-electron chi connectivity index (χ1n) is 2.01. The number of hydrogen-bond acceptors (Lipinski definition) is 3. The quantitative estimate of drug-likeness (QED) is 0.578. The lowest BCUT2D eigenvalue weighted by atomic mass is 10.5. The second-order valence-electron chi connectivity index (χ2n) is 1.37. The molecular weight excluding hydrogens is 144 g/mol. The smallest absolute Gasteiger partial charge is 0.343 e. The van der Waals surface area contributed by atoms with Crippen LogP contribution in [0.15, 0.2) is 9.81 Å². The number of aliphatic carboxylic acids is 2. The number of carbonyl (C=O) groups is 2. The first-order chi connectivity index (χ1) is 4.13. The fourth-order valence-electron chi connectivity index (χ4n) is 0.358. The maximum absolute atomic E-state index is 9.93. The number of hydrogen-bond donors (Lipinski definition) is 2.